The Morgan fingerprint density at radius 2 is 1.64 bits per heavy atom. The molecule has 3 nitrogen and oxygen atoms in total. The van der Waals surface area contributed by atoms with Crippen LogP contribution in [0.1, 0.15) is 39.5 Å². The highest BCUT2D eigenvalue weighted by atomic mass is 16.1. The maximum absolute atomic E-state index is 10.1. The van der Waals surface area contributed by atoms with Crippen LogP contribution < -0.4 is 5.32 Å². The zero-order chi connectivity index (χ0) is 10.6. The second-order valence-corrected chi connectivity index (χ2v) is 3.62. The average Bonchev–Trinajstić information content (AvgIpc) is 2.21. The lowest BCUT2D eigenvalue weighted by Crippen LogP contribution is -2.33. The predicted molar refractivity (Wildman–Crippen MR) is 60.3 cm³/mol. The molecule has 0 rings (SSSR count). The summed E-state index contributed by atoms with van der Waals surface area (Å²) < 4.78 is 0. The SMILES string of the molecule is CCCCN(CCCC)CCNC=O. The van der Waals surface area contributed by atoms with Crippen molar-refractivity contribution in [3.05, 3.63) is 0 Å². The van der Waals surface area contributed by atoms with Crippen LogP contribution in [0.15, 0.2) is 0 Å². The molecular weight excluding hydrogens is 176 g/mol. The van der Waals surface area contributed by atoms with Gasteiger partial charge in [-0.1, -0.05) is 26.7 Å². The molecule has 14 heavy (non-hydrogen) atoms. The summed E-state index contributed by atoms with van der Waals surface area (Å²) in [4.78, 5) is 12.5. The molecule has 0 aromatic carbocycles. The highest BCUT2D eigenvalue weighted by Crippen LogP contribution is 1.97. The Labute approximate surface area is 87.9 Å². The summed E-state index contributed by atoms with van der Waals surface area (Å²) in [5.41, 5.74) is 0. The van der Waals surface area contributed by atoms with Crippen LogP contribution >= 0.6 is 0 Å². The number of amides is 1. The van der Waals surface area contributed by atoms with E-state index in [1.54, 1.807) is 0 Å². The monoisotopic (exact) mass is 200 g/mol. The first-order valence-corrected chi connectivity index (χ1v) is 5.74. The molecule has 0 bridgehead atoms. The molecule has 0 spiro atoms. The fourth-order valence-electron chi connectivity index (χ4n) is 1.38. The Morgan fingerprint density at radius 1 is 1.07 bits per heavy atom. The van der Waals surface area contributed by atoms with Crippen LogP contribution in [0.2, 0.25) is 0 Å². The molecule has 0 heterocycles. The van der Waals surface area contributed by atoms with E-state index < -0.39 is 0 Å². The third-order valence-corrected chi connectivity index (χ3v) is 2.31. The number of rotatable bonds is 10. The third kappa shape index (κ3) is 8.05. The fraction of sp³-hybridized carbons (Fsp3) is 0.909. The fourth-order valence-corrected chi connectivity index (χ4v) is 1.38. The van der Waals surface area contributed by atoms with Gasteiger partial charge in [0.25, 0.3) is 0 Å². The zero-order valence-corrected chi connectivity index (χ0v) is 9.59. The van der Waals surface area contributed by atoms with Gasteiger partial charge in [-0.2, -0.15) is 0 Å². The number of nitrogens with zero attached hydrogens (tertiary/aromatic N) is 1. The van der Waals surface area contributed by atoms with Crippen molar-refractivity contribution in [1.82, 2.24) is 10.2 Å². The molecule has 0 aliphatic carbocycles. The topological polar surface area (TPSA) is 32.3 Å². The molecule has 0 atom stereocenters. The van der Waals surface area contributed by atoms with Crippen LogP contribution in [0.25, 0.3) is 0 Å². The van der Waals surface area contributed by atoms with Gasteiger partial charge in [0.05, 0.1) is 0 Å². The van der Waals surface area contributed by atoms with Gasteiger partial charge in [-0.05, 0) is 25.9 Å². The molecule has 0 aromatic rings. The smallest absolute Gasteiger partial charge is 0.207 e. The maximum Gasteiger partial charge on any atom is 0.207 e. The number of carbonyl (C=O) groups is 1. The molecule has 0 radical (unpaired) electrons. The zero-order valence-electron chi connectivity index (χ0n) is 9.59. The van der Waals surface area contributed by atoms with Crippen molar-refractivity contribution in [2.75, 3.05) is 26.2 Å². The molecule has 0 saturated heterocycles. The van der Waals surface area contributed by atoms with Crippen LogP contribution in [-0.2, 0) is 4.79 Å². The minimum atomic E-state index is 0.775. The lowest BCUT2D eigenvalue weighted by atomic mass is 10.2. The van der Waals surface area contributed by atoms with E-state index in [-0.39, 0.29) is 0 Å². The summed E-state index contributed by atoms with van der Waals surface area (Å²) in [6, 6.07) is 0. The molecule has 0 fully saturated rings. The van der Waals surface area contributed by atoms with Gasteiger partial charge in [0, 0.05) is 13.1 Å². The van der Waals surface area contributed by atoms with Crippen LogP contribution in [-0.4, -0.2) is 37.5 Å². The van der Waals surface area contributed by atoms with E-state index >= 15 is 0 Å². The van der Waals surface area contributed by atoms with E-state index in [9.17, 15) is 4.79 Å². The minimum Gasteiger partial charge on any atom is -0.357 e. The Morgan fingerprint density at radius 3 is 2.07 bits per heavy atom. The Bertz CT molecular complexity index is 120. The van der Waals surface area contributed by atoms with Crippen molar-refractivity contribution in [2.24, 2.45) is 0 Å². The predicted octanol–water partition coefficient (Wildman–Crippen LogP) is 1.63. The van der Waals surface area contributed by atoms with E-state index in [0.29, 0.717) is 0 Å². The molecule has 1 N–H and O–H groups in total. The molecular formula is C11H24N2O. The first-order chi connectivity index (χ1) is 6.85. The summed E-state index contributed by atoms with van der Waals surface area (Å²) in [6.07, 6.45) is 5.76. The van der Waals surface area contributed by atoms with Crippen LogP contribution in [0.3, 0.4) is 0 Å². The van der Waals surface area contributed by atoms with Gasteiger partial charge in [-0.15, -0.1) is 0 Å². The summed E-state index contributed by atoms with van der Waals surface area (Å²) in [6.45, 7) is 8.51. The van der Waals surface area contributed by atoms with E-state index in [1.165, 1.54) is 25.7 Å². The second-order valence-electron chi connectivity index (χ2n) is 3.62. The molecule has 0 aliphatic heterocycles. The average molecular weight is 200 g/mol. The maximum atomic E-state index is 10.1. The third-order valence-electron chi connectivity index (χ3n) is 2.31. The Balaban J connectivity index is 3.54. The largest absolute Gasteiger partial charge is 0.357 e. The number of hydrogen-bond acceptors (Lipinski definition) is 2. The van der Waals surface area contributed by atoms with Crippen molar-refractivity contribution in [2.45, 2.75) is 39.5 Å². The van der Waals surface area contributed by atoms with Crippen LogP contribution in [0, 0.1) is 0 Å². The summed E-state index contributed by atoms with van der Waals surface area (Å²) >= 11 is 0. The van der Waals surface area contributed by atoms with Crippen LogP contribution in [0.5, 0.6) is 0 Å². The summed E-state index contributed by atoms with van der Waals surface area (Å²) in [7, 11) is 0. The summed E-state index contributed by atoms with van der Waals surface area (Å²) in [5, 5.41) is 2.71. The minimum absolute atomic E-state index is 0.775. The van der Waals surface area contributed by atoms with Gasteiger partial charge >= 0.3 is 0 Å². The van der Waals surface area contributed by atoms with Gasteiger partial charge in [0.1, 0.15) is 0 Å². The number of unbranched alkanes of at least 4 members (excludes halogenated alkanes) is 2. The van der Waals surface area contributed by atoms with E-state index in [4.69, 9.17) is 0 Å². The van der Waals surface area contributed by atoms with Crippen molar-refractivity contribution in [1.29, 1.82) is 0 Å². The number of hydrogen-bond donors (Lipinski definition) is 1. The van der Waals surface area contributed by atoms with E-state index in [1.807, 2.05) is 0 Å². The summed E-state index contributed by atoms with van der Waals surface area (Å²) in [5.74, 6) is 0. The lowest BCUT2D eigenvalue weighted by molar-refractivity contribution is -0.109. The quantitative estimate of drug-likeness (QED) is 0.429. The molecule has 0 aliphatic rings. The highest BCUT2D eigenvalue weighted by Gasteiger charge is 2.02. The van der Waals surface area contributed by atoms with Gasteiger partial charge in [0.15, 0.2) is 0 Å². The van der Waals surface area contributed by atoms with E-state index in [2.05, 4.69) is 24.1 Å². The van der Waals surface area contributed by atoms with Crippen LogP contribution in [0.4, 0.5) is 0 Å². The van der Waals surface area contributed by atoms with Crippen molar-refractivity contribution >= 4 is 6.41 Å². The van der Waals surface area contributed by atoms with Gasteiger partial charge < -0.3 is 10.2 Å². The second kappa shape index (κ2) is 10.5. The molecule has 0 aromatic heterocycles. The van der Waals surface area contributed by atoms with Crippen molar-refractivity contribution in [3.63, 3.8) is 0 Å². The standard InChI is InChI=1S/C11H24N2O/c1-3-5-8-13(9-6-4-2)10-7-12-11-14/h11H,3-10H2,1-2H3,(H,12,14). The highest BCUT2D eigenvalue weighted by molar-refractivity contribution is 5.45. The van der Waals surface area contributed by atoms with Gasteiger partial charge in [-0.3, -0.25) is 4.79 Å². The van der Waals surface area contributed by atoms with Gasteiger partial charge in [0.2, 0.25) is 6.41 Å². The van der Waals surface area contributed by atoms with Gasteiger partial charge in [-0.25, -0.2) is 0 Å². The molecule has 1 amide bonds. The lowest BCUT2D eigenvalue weighted by Gasteiger charge is -2.21. The van der Waals surface area contributed by atoms with Crippen molar-refractivity contribution in [3.8, 4) is 0 Å². The molecule has 0 unspecified atom stereocenters. The first-order valence-electron chi connectivity index (χ1n) is 5.74. The van der Waals surface area contributed by atoms with Crippen molar-refractivity contribution < 1.29 is 4.79 Å². The molecule has 84 valence electrons. The first kappa shape index (κ1) is 13.4. The van der Waals surface area contributed by atoms with E-state index in [0.717, 1.165) is 32.6 Å². The number of carbonyl (C=O) groups excluding carboxylic acids is 1. The Hall–Kier alpha value is -0.570. The Kier molecular flexibility index (Phi) is 10.1. The normalized spacial score (nSPS) is 10.5. The molecule has 3 heteroatoms. The number of nitrogens with one attached hydrogen (secondary N) is 1. The molecule has 0 saturated carbocycles.